The van der Waals surface area contributed by atoms with Crippen LogP contribution in [0.25, 0.3) is 0 Å². The van der Waals surface area contributed by atoms with Crippen LogP contribution in [0.4, 0.5) is 0 Å². The molecule has 0 aliphatic carbocycles. The molecule has 1 N–H and O–H groups in total. The molecule has 1 aromatic carbocycles. The van der Waals surface area contributed by atoms with Gasteiger partial charge in [-0.05, 0) is 32.4 Å². The van der Waals surface area contributed by atoms with Crippen molar-refractivity contribution >= 4 is 21.6 Å². The number of hydrogen-bond acceptors (Lipinski definition) is 3. The molecule has 0 aromatic heterocycles. The topological polar surface area (TPSA) is 55.4 Å². The Balaban J connectivity index is 3.05. The molecule has 0 saturated heterocycles. The maximum atomic E-state index is 12.1. The van der Waals surface area contributed by atoms with E-state index in [0.29, 0.717) is 17.4 Å². The van der Waals surface area contributed by atoms with Crippen molar-refractivity contribution in [2.45, 2.75) is 38.1 Å². The monoisotopic (exact) mass is 291 g/mol. The predicted molar refractivity (Wildman–Crippen MR) is 72.7 cm³/mol. The number of hydrogen-bond donors (Lipinski definition) is 1. The molecule has 0 unspecified atom stereocenters. The third-order valence-electron chi connectivity index (χ3n) is 2.48. The van der Waals surface area contributed by atoms with E-state index in [0.717, 1.165) is 6.42 Å². The first-order valence-corrected chi connectivity index (χ1v) is 7.71. The largest absolute Gasteiger partial charge is 0.492 e. The maximum Gasteiger partial charge on any atom is 0.240 e. The Bertz CT molecular complexity index is 502. The Labute approximate surface area is 113 Å². The zero-order valence-electron chi connectivity index (χ0n) is 10.7. The number of benzene rings is 1. The van der Waals surface area contributed by atoms with Gasteiger partial charge in [0, 0.05) is 12.1 Å². The lowest BCUT2D eigenvalue weighted by atomic mass is 10.3. The summed E-state index contributed by atoms with van der Waals surface area (Å²) in [6, 6.07) is 4.32. The van der Waals surface area contributed by atoms with Crippen LogP contribution < -0.4 is 9.46 Å². The summed E-state index contributed by atoms with van der Waals surface area (Å²) in [6.45, 7) is 5.98. The molecule has 1 rings (SSSR count). The SMILES string of the molecule is CCOc1cc(S(=O)(=O)N[C@@H](C)CC)ccc1Cl. The Morgan fingerprint density at radius 2 is 2.06 bits per heavy atom. The normalized spacial score (nSPS) is 13.3. The highest BCUT2D eigenvalue weighted by molar-refractivity contribution is 7.89. The van der Waals surface area contributed by atoms with Crippen molar-refractivity contribution in [2.24, 2.45) is 0 Å². The number of ether oxygens (including phenoxy) is 1. The Morgan fingerprint density at radius 1 is 1.39 bits per heavy atom. The minimum Gasteiger partial charge on any atom is -0.492 e. The molecule has 6 heteroatoms. The van der Waals surface area contributed by atoms with Gasteiger partial charge in [0.05, 0.1) is 16.5 Å². The smallest absolute Gasteiger partial charge is 0.240 e. The van der Waals surface area contributed by atoms with E-state index in [4.69, 9.17) is 16.3 Å². The van der Waals surface area contributed by atoms with Crippen LogP contribution in [0.2, 0.25) is 5.02 Å². The van der Waals surface area contributed by atoms with Crippen LogP contribution >= 0.6 is 11.6 Å². The van der Waals surface area contributed by atoms with Gasteiger partial charge >= 0.3 is 0 Å². The number of halogens is 1. The van der Waals surface area contributed by atoms with E-state index in [1.54, 1.807) is 0 Å². The highest BCUT2D eigenvalue weighted by Crippen LogP contribution is 2.27. The zero-order chi connectivity index (χ0) is 13.8. The minimum absolute atomic E-state index is 0.110. The van der Waals surface area contributed by atoms with E-state index in [9.17, 15) is 8.42 Å². The number of sulfonamides is 1. The van der Waals surface area contributed by atoms with Crippen LogP contribution in [-0.4, -0.2) is 21.1 Å². The first-order valence-electron chi connectivity index (χ1n) is 5.85. The van der Waals surface area contributed by atoms with Crippen LogP contribution in [-0.2, 0) is 10.0 Å². The van der Waals surface area contributed by atoms with Gasteiger partial charge in [-0.25, -0.2) is 13.1 Å². The molecule has 0 heterocycles. The highest BCUT2D eigenvalue weighted by Gasteiger charge is 2.18. The average Bonchev–Trinajstić information content (AvgIpc) is 2.31. The molecule has 0 aliphatic rings. The summed E-state index contributed by atoms with van der Waals surface area (Å²) in [5, 5.41) is 0.402. The summed E-state index contributed by atoms with van der Waals surface area (Å²) in [5.74, 6) is 0.381. The summed E-state index contributed by atoms with van der Waals surface area (Å²) in [6.07, 6.45) is 0.727. The Kier molecular flexibility index (Phi) is 5.44. The molecule has 1 atom stereocenters. The molecule has 0 saturated carbocycles. The maximum absolute atomic E-state index is 12.1. The second-order valence-electron chi connectivity index (χ2n) is 3.96. The number of nitrogens with one attached hydrogen (secondary N) is 1. The summed E-state index contributed by atoms with van der Waals surface area (Å²) in [4.78, 5) is 0.163. The fourth-order valence-corrected chi connectivity index (χ4v) is 2.85. The van der Waals surface area contributed by atoms with Crippen molar-refractivity contribution in [1.29, 1.82) is 0 Å². The lowest BCUT2D eigenvalue weighted by Crippen LogP contribution is -2.32. The zero-order valence-corrected chi connectivity index (χ0v) is 12.3. The van der Waals surface area contributed by atoms with Gasteiger partial charge in [-0.3, -0.25) is 0 Å². The van der Waals surface area contributed by atoms with Crippen LogP contribution in [0.3, 0.4) is 0 Å². The van der Waals surface area contributed by atoms with Gasteiger partial charge in [0.15, 0.2) is 0 Å². The molecule has 0 fully saturated rings. The van der Waals surface area contributed by atoms with E-state index in [-0.39, 0.29) is 10.9 Å². The highest BCUT2D eigenvalue weighted by atomic mass is 35.5. The molecule has 18 heavy (non-hydrogen) atoms. The van der Waals surface area contributed by atoms with E-state index >= 15 is 0 Å². The van der Waals surface area contributed by atoms with Crippen molar-refractivity contribution in [3.8, 4) is 5.75 Å². The molecule has 0 bridgehead atoms. The molecule has 0 spiro atoms. The van der Waals surface area contributed by atoms with Crippen LogP contribution in [0.5, 0.6) is 5.75 Å². The van der Waals surface area contributed by atoms with Gasteiger partial charge in [0.2, 0.25) is 10.0 Å². The quantitative estimate of drug-likeness (QED) is 0.877. The second-order valence-corrected chi connectivity index (χ2v) is 6.08. The van der Waals surface area contributed by atoms with Gasteiger partial charge in [0.25, 0.3) is 0 Å². The van der Waals surface area contributed by atoms with Crippen LogP contribution in [0.15, 0.2) is 23.1 Å². The van der Waals surface area contributed by atoms with Crippen molar-refractivity contribution in [3.63, 3.8) is 0 Å². The lowest BCUT2D eigenvalue weighted by Gasteiger charge is -2.13. The molecule has 4 nitrogen and oxygen atoms in total. The predicted octanol–water partition coefficient (Wildman–Crippen LogP) is 2.82. The fourth-order valence-electron chi connectivity index (χ4n) is 1.33. The van der Waals surface area contributed by atoms with E-state index in [2.05, 4.69) is 4.72 Å². The van der Waals surface area contributed by atoms with Crippen molar-refractivity contribution in [3.05, 3.63) is 23.2 Å². The molecule has 102 valence electrons. The van der Waals surface area contributed by atoms with Gasteiger partial charge < -0.3 is 4.74 Å². The molecular formula is C12H18ClNO3S. The second kappa shape index (κ2) is 6.41. The third kappa shape index (κ3) is 3.86. The number of rotatable bonds is 6. The van der Waals surface area contributed by atoms with Crippen molar-refractivity contribution < 1.29 is 13.2 Å². The summed E-state index contributed by atoms with van der Waals surface area (Å²) in [5.41, 5.74) is 0. The minimum atomic E-state index is -3.52. The molecule has 0 radical (unpaired) electrons. The molecule has 0 aliphatic heterocycles. The van der Waals surface area contributed by atoms with Crippen molar-refractivity contribution in [2.75, 3.05) is 6.61 Å². The summed E-state index contributed by atoms with van der Waals surface area (Å²) < 4.78 is 32.0. The van der Waals surface area contributed by atoms with Crippen LogP contribution in [0.1, 0.15) is 27.2 Å². The first-order chi connectivity index (χ1) is 8.40. The van der Waals surface area contributed by atoms with Gasteiger partial charge in [-0.1, -0.05) is 18.5 Å². The van der Waals surface area contributed by atoms with Gasteiger partial charge in [0.1, 0.15) is 5.75 Å². The standard InChI is InChI=1S/C12H18ClNO3S/c1-4-9(3)14-18(15,16)10-6-7-11(13)12(8-10)17-5-2/h6-9,14H,4-5H2,1-3H3/t9-/m0/s1. The van der Waals surface area contributed by atoms with Crippen LogP contribution in [0, 0.1) is 0 Å². The first kappa shape index (κ1) is 15.3. The molecule has 1 aromatic rings. The lowest BCUT2D eigenvalue weighted by molar-refractivity contribution is 0.339. The van der Waals surface area contributed by atoms with Crippen molar-refractivity contribution in [1.82, 2.24) is 4.72 Å². The Hall–Kier alpha value is -0.780. The third-order valence-corrected chi connectivity index (χ3v) is 4.38. The summed E-state index contributed by atoms with van der Waals surface area (Å²) in [7, 11) is -3.52. The Morgan fingerprint density at radius 3 is 2.61 bits per heavy atom. The van der Waals surface area contributed by atoms with E-state index < -0.39 is 10.0 Å². The molecular weight excluding hydrogens is 274 g/mol. The molecule has 0 amide bonds. The van der Waals surface area contributed by atoms with E-state index in [1.165, 1.54) is 18.2 Å². The van der Waals surface area contributed by atoms with E-state index in [1.807, 2.05) is 20.8 Å². The fraction of sp³-hybridized carbons (Fsp3) is 0.500. The van der Waals surface area contributed by atoms with Gasteiger partial charge in [-0.2, -0.15) is 0 Å². The summed E-state index contributed by atoms with van der Waals surface area (Å²) >= 11 is 5.92. The average molecular weight is 292 g/mol. The van der Waals surface area contributed by atoms with Gasteiger partial charge in [-0.15, -0.1) is 0 Å².